The quantitative estimate of drug-likeness (QED) is 0.796. The van der Waals surface area contributed by atoms with Gasteiger partial charge in [-0.05, 0) is 19.3 Å². The maximum absolute atomic E-state index is 5.86. The number of rotatable bonds is 6. The Morgan fingerprint density at radius 3 is 2.71 bits per heavy atom. The van der Waals surface area contributed by atoms with E-state index in [9.17, 15) is 0 Å². The minimum Gasteiger partial charge on any atom is -0.474 e. The molecule has 0 aromatic carbocycles. The van der Waals surface area contributed by atoms with Gasteiger partial charge in [-0.2, -0.15) is 4.98 Å². The molecule has 5 heteroatoms. The molecule has 17 heavy (non-hydrogen) atoms. The van der Waals surface area contributed by atoms with Gasteiger partial charge in [0, 0.05) is 12.4 Å². The van der Waals surface area contributed by atoms with E-state index >= 15 is 0 Å². The van der Waals surface area contributed by atoms with Gasteiger partial charge in [0.05, 0.1) is 18.5 Å². The molecule has 0 amide bonds. The van der Waals surface area contributed by atoms with E-state index in [4.69, 9.17) is 16.3 Å². The van der Waals surface area contributed by atoms with E-state index in [1.54, 1.807) is 12.4 Å². The largest absolute Gasteiger partial charge is 0.474 e. The Bertz CT molecular complexity index is 355. The first-order chi connectivity index (χ1) is 7.93. The minimum atomic E-state index is 0.0259. The Morgan fingerprint density at radius 2 is 2.12 bits per heavy atom. The van der Waals surface area contributed by atoms with Crippen LogP contribution < -0.4 is 10.1 Å². The van der Waals surface area contributed by atoms with Gasteiger partial charge in [0.1, 0.15) is 5.82 Å². The van der Waals surface area contributed by atoms with E-state index < -0.39 is 0 Å². The second-order valence-electron chi connectivity index (χ2n) is 5.06. The fraction of sp³-hybridized carbons (Fsp3) is 0.667. The zero-order chi connectivity index (χ0) is 12.9. The lowest BCUT2D eigenvalue weighted by molar-refractivity contribution is 0.232. The predicted octanol–water partition coefficient (Wildman–Crippen LogP) is 2.94. The summed E-state index contributed by atoms with van der Waals surface area (Å²) in [6.07, 6.45) is 3.38. The first-order valence-electron chi connectivity index (χ1n) is 5.71. The molecule has 96 valence electrons. The summed E-state index contributed by atoms with van der Waals surface area (Å²) in [6.45, 7) is 8.84. The zero-order valence-corrected chi connectivity index (χ0v) is 11.6. The average molecular weight is 258 g/mol. The molecule has 0 saturated carbocycles. The lowest BCUT2D eigenvalue weighted by Crippen LogP contribution is -2.25. The number of hydrogen-bond acceptors (Lipinski definition) is 4. The normalized spacial score (nSPS) is 11.6. The third-order valence-corrected chi connectivity index (χ3v) is 2.80. The van der Waals surface area contributed by atoms with Gasteiger partial charge in [-0.1, -0.05) is 13.8 Å². The topological polar surface area (TPSA) is 47.0 Å². The summed E-state index contributed by atoms with van der Waals surface area (Å²) in [5, 5.41) is 3.21. The zero-order valence-electron chi connectivity index (χ0n) is 10.8. The number of aromatic nitrogens is 2. The Balaban J connectivity index is 2.60. The van der Waals surface area contributed by atoms with Crippen molar-refractivity contribution in [2.24, 2.45) is 5.41 Å². The highest BCUT2D eigenvalue weighted by Crippen LogP contribution is 2.18. The van der Waals surface area contributed by atoms with E-state index in [1.165, 1.54) is 0 Å². The van der Waals surface area contributed by atoms with Crippen LogP contribution in [-0.2, 0) is 0 Å². The van der Waals surface area contributed by atoms with Crippen molar-refractivity contribution in [2.45, 2.75) is 33.8 Å². The fourth-order valence-corrected chi connectivity index (χ4v) is 1.20. The van der Waals surface area contributed by atoms with Crippen molar-refractivity contribution in [3.63, 3.8) is 0 Å². The Kier molecular flexibility index (Phi) is 5.00. The van der Waals surface area contributed by atoms with Crippen LogP contribution in [-0.4, -0.2) is 28.5 Å². The summed E-state index contributed by atoms with van der Waals surface area (Å²) < 4.78 is 5.47. The monoisotopic (exact) mass is 257 g/mol. The molecule has 0 fully saturated rings. The molecule has 4 nitrogen and oxygen atoms in total. The van der Waals surface area contributed by atoms with Gasteiger partial charge in [-0.3, -0.25) is 4.98 Å². The third-order valence-electron chi connectivity index (χ3n) is 2.08. The molecule has 0 saturated heterocycles. The Labute approximate surface area is 108 Å². The summed E-state index contributed by atoms with van der Waals surface area (Å²) in [4.78, 5) is 8.39. The number of hydrogen-bond donors (Lipinski definition) is 1. The molecule has 0 radical (unpaired) electrons. The summed E-state index contributed by atoms with van der Waals surface area (Å²) in [5.74, 6) is 1.84. The molecule has 1 aromatic heterocycles. The van der Waals surface area contributed by atoms with E-state index in [-0.39, 0.29) is 11.5 Å². The van der Waals surface area contributed by atoms with Gasteiger partial charge in [-0.25, -0.2) is 0 Å². The predicted molar refractivity (Wildman–Crippen MR) is 70.8 cm³/mol. The molecule has 0 aliphatic carbocycles. The van der Waals surface area contributed by atoms with Crippen molar-refractivity contribution in [3.8, 4) is 5.88 Å². The highest BCUT2D eigenvalue weighted by molar-refractivity contribution is 6.18. The first kappa shape index (κ1) is 14.0. The van der Waals surface area contributed by atoms with E-state index in [1.807, 2.05) is 13.8 Å². The summed E-state index contributed by atoms with van der Waals surface area (Å²) >= 11 is 5.86. The second kappa shape index (κ2) is 6.05. The van der Waals surface area contributed by atoms with E-state index in [0.29, 0.717) is 17.6 Å². The van der Waals surface area contributed by atoms with Crippen LogP contribution in [0.15, 0.2) is 12.4 Å². The van der Waals surface area contributed by atoms with Gasteiger partial charge in [0.25, 0.3) is 0 Å². The van der Waals surface area contributed by atoms with Gasteiger partial charge >= 0.3 is 0 Å². The van der Waals surface area contributed by atoms with Crippen LogP contribution in [0.5, 0.6) is 5.88 Å². The van der Waals surface area contributed by atoms with Gasteiger partial charge < -0.3 is 10.1 Å². The van der Waals surface area contributed by atoms with Crippen molar-refractivity contribution >= 4 is 17.4 Å². The maximum Gasteiger partial charge on any atom is 0.234 e. The molecule has 1 aromatic rings. The summed E-state index contributed by atoms with van der Waals surface area (Å²) in [7, 11) is 0. The average Bonchev–Trinajstić information content (AvgIpc) is 2.26. The molecule has 0 aliphatic heterocycles. The van der Waals surface area contributed by atoms with Crippen molar-refractivity contribution in [1.29, 1.82) is 0 Å². The van der Waals surface area contributed by atoms with Crippen LogP contribution in [0.25, 0.3) is 0 Å². The van der Waals surface area contributed by atoms with Crippen LogP contribution in [0.4, 0.5) is 5.82 Å². The minimum absolute atomic E-state index is 0.0259. The Hall–Kier alpha value is -1.03. The lowest BCUT2D eigenvalue weighted by Gasteiger charge is -2.22. The van der Waals surface area contributed by atoms with E-state index in [0.717, 1.165) is 6.54 Å². The molecular formula is C12H20ClN3O. The number of anilines is 1. The fourth-order valence-electron chi connectivity index (χ4n) is 1.11. The second-order valence-corrected chi connectivity index (χ2v) is 5.33. The lowest BCUT2D eigenvalue weighted by atomic mass is 9.97. The highest BCUT2D eigenvalue weighted by atomic mass is 35.5. The van der Waals surface area contributed by atoms with Crippen molar-refractivity contribution in [2.75, 3.05) is 17.7 Å². The number of nitrogens with zero attached hydrogens (tertiary/aromatic N) is 2. The standard InChI is InChI=1S/C12H20ClN3O/c1-9(2)17-11-6-14-5-10(16-11)15-8-12(3,4)7-13/h5-6,9H,7-8H2,1-4H3,(H,15,16). The van der Waals surface area contributed by atoms with E-state index in [2.05, 4.69) is 29.1 Å². The Morgan fingerprint density at radius 1 is 1.41 bits per heavy atom. The van der Waals surface area contributed by atoms with Crippen LogP contribution in [0.3, 0.4) is 0 Å². The van der Waals surface area contributed by atoms with Crippen LogP contribution in [0.1, 0.15) is 27.7 Å². The van der Waals surface area contributed by atoms with Crippen molar-refractivity contribution < 1.29 is 4.74 Å². The van der Waals surface area contributed by atoms with Crippen LogP contribution in [0.2, 0.25) is 0 Å². The molecule has 0 bridgehead atoms. The third kappa shape index (κ3) is 5.22. The first-order valence-corrected chi connectivity index (χ1v) is 6.25. The van der Waals surface area contributed by atoms with Crippen molar-refractivity contribution in [3.05, 3.63) is 12.4 Å². The molecule has 0 aliphatic rings. The molecular weight excluding hydrogens is 238 g/mol. The molecule has 1 N–H and O–H groups in total. The van der Waals surface area contributed by atoms with Crippen molar-refractivity contribution in [1.82, 2.24) is 9.97 Å². The number of alkyl halides is 1. The summed E-state index contributed by atoms with van der Waals surface area (Å²) in [5.41, 5.74) is 0.0259. The van der Waals surface area contributed by atoms with Crippen LogP contribution >= 0.6 is 11.6 Å². The maximum atomic E-state index is 5.86. The molecule has 1 rings (SSSR count). The smallest absolute Gasteiger partial charge is 0.234 e. The summed E-state index contributed by atoms with van der Waals surface area (Å²) in [6, 6.07) is 0. The van der Waals surface area contributed by atoms with Gasteiger partial charge in [-0.15, -0.1) is 11.6 Å². The molecule has 0 spiro atoms. The van der Waals surface area contributed by atoms with Crippen LogP contribution in [0, 0.1) is 5.41 Å². The number of halogens is 1. The molecule has 0 unspecified atom stereocenters. The van der Waals surface area contributed by atoms with Gasteiger partial charge in [0.2, 0.25) is 5.88 Å². The molecule has 0 atom stereocenters. The SMILES string of the molecule is CC(C)Oc1cncc(NCC(C)(C)CCl)n1. The molecule has 1 heterocycles. The number of ether oxygens (including phenoxy) is 1. The van der Waals surface area contributed by atoms with Gasteiger partial charge in [0.15, 0.2) is 0 Å². The number of nitrogens with one attached hydrogen (secondary N) is 1. The highest BCUT2D eigenvalue weighted by Gasteiger charge is 2.16.